The maximum absolute atomic E-state index is 13.9. The molecule has 5 nitrogen and oxygen atoms in total. The van der Waals surface area contributed by atoms with Crippen molar-refractivity contribution in [3.05, 3.63) is 58.4 Å². The smallest absolute Gasteiger partial charge is 0.251 e. The van der Waals surface area contributed by atoms with Crippen molar-refractivity contribution in [3.63, 3.8) is 0 Å². The van der Waals surface area contributed by atoms with E-state index in [1.165, 1.54) is 24.2 Å². The van der Waals surface area contributed by atoms with Gasteiger partial charge in [0, 0.05) is 34.2 Å². The number of fused-ring (bicyclic) bond motifs is 1. The fourth-order valence-corrected chi connectivity index (χ4v) is 4.70. The molecule has 0 saturated heterocycles. The lowest BCUT2D eigenvalue weighted by Gasteiger charge is -2.27. The van der Waals surface area contributed by atoms with Gasteiger partial charge in [0.15, 0.2) is 0 Å². The van der Waals surface area contributed by atoms with Gasteiger partial charge in [-0.3, -0.25) is 9.59 Å². The number of thioether (sulfide) groups is 1. The number of nitrogens with one attached hydrogen (secondary N) is 3. The third-order valence-corrected chi connectivity index (χ3v) is 6.51. The molecule has 2 aromatic carbocycles. The van der Waals surface area contributed by atoms with Crippen LogP contribution in [0.2, 0.25) is 5.02 Å². The molecule has 0 saturated carbocycles. The first kappa shape index (κ1) is 23.4. The van der Waals surface area contributed by atoms with Gasteiger partial charge in [0.1, 0.15) is 11.9 Å². The minimum absolute atomic E-state index is 0.145. The zero-order valence-electron chi connectivity index (χ0n) is 17.5. The largest absolute Gasteiger partial charge is 0.371 e. The summed E-state index contributed by atoms with van der Waals surface area (Å²) in [4.78, 5) is 24.9. The van der Waals surface area contributed by atoms with Gasteiger partial charge in [-0.1, -0.05) is 43.9 Å². The second-order valence-electron chi connectivity index (χ2n) is 7.48. The quantitative estimate of drug-likeness (QED) is 0.409. The van der Waals surface area contributed by atoms with Crippen molar-refractivity contribution in [3.8, 4) is 0 Å². The molecule has 0 aromatic heterocycles. The Kier molecular flexibility index (Phi) is 8.60. The Morgan fingerprint density at radius 1 is 1.19 bits per heavy atom. The van der Waals surface area contributed by atoms with Crippen molar-refractivity contribution in [1.82, 2.24) is 5.32 Å². The van der Waals surface area contributed by atoms with Gasteiger partial charge in [-0.25, -0.2) is 4.39 Å². The molecule has 1 aliphatic heterocycles. The van der Waals surface area contributed by atoms with Gasteiger partial charge in [0.2, 0.25) is 5.91 Å². The molecule has 3 rings (SSSR count). The van der Waals surface area contributed by atoms with Gasteiger partial charge >= 0.3 is 0 Å². The Labute approximate surface area is 191 Å². The molecule has 31 heavy (non-hydrogen) atoms. The molecule has 1 atom stereocenters. The molecule has 1 heterocycles. The average Bonchev–Trinajstić information content (AvgIpc) is 2.75. The molecular formula is C23H27ClFN3O2S. The lowest BCUT2D eigenvalue weighted by Crippen LogP contribution is -2.40. The van der Waals surface area contributed by atoms with E-state index in [0.29, 0.717) is 39.9 Å². The van der Waals surface area contributed by atoms with Crippen molar-refractivity contribution in [2.24, 2.45) is 0 Å². The predicted octanol–water partition coefficient (Wildman–Crippen LogP) is 5.46. The maximum atomic E-state index is 13.9. The highest BCUT2D eigenvalue weighted by Crippen LogP contribution is 2.30. The van der Waals surface area contributed by atoms with Crippen LogP contribution in [0.3, 0.4) is 0 Å². The van der Waals surface area contributed by atoms with Gasteiger partial charge < -0.3 is 16.0 Å². The standard InChI is InChI=1S/C23H27ClFN3O2S/c1-2-3-4-5-11-26-22(29)15-9-10-19-20(12-15)28-23(30)21(27-19)14-31-13-16-17(24)7-6-8-18(16)25/h6-10,12,21,27H,2-5,11,13-14H2,1H3,(H,26,29)(H,28,30). The van der Waals surface area contributed by atoms with Crippen LogP contribution < -0.4 is 16.0 Å². The Morgan fingerprint density at radius 3 is 2.81 bits per heavy atom. The molecule has 8 heteroatoms. The van der Waals surface area contributed by atoms with E-state index in [9.17, 15) is 14.0 Å². The molecule has 166 valence electrons. The van der Waals surface area contributed by atoms with Gasteiger partial charge in [-0.15, -0.1) is 0 Å². The summed E-state index contributed by atoms with van der Waals surface area (Å²) in [5.41, 5.74) is 2.30. The second kappa shape index (κ2) is 11.4. The van der Waals surface area contributed by atoms with E-state index in [2.05, 4.69) is 22.9 Å². The zero-order chi connectivity index (χ0) is 22.2. The van der Waals surface area contributed by atoms with Crippen LogP contribution in [0.15, 0.2) is 36.4 Å². The van der Waals surface area contributed by atoms with Crippen LogP contribution in [0.25, 0.3) is 0 Å². The van der Waals surface area contributed by atoms with E-state index in [-0.39, 0.29) is 17.6 Å². The zero-order valence-corrected chi connectivity index (χ0v) is 19.0. The minimum atomic E-state index is -0.457. The molecule has 1 aliphatic rings. The number of unbranched alkanes of at least 4 members (excludes halogenated alkanes) is 3. The van der Waals surface area contributed by atoms with E-state index in [4.69, 9.17) is 11.6 Å². The molecule has 0 spiro atoms. The first-order chi connectivity index (χ1) is 15.0. The van der Waals surface area contributed by atoms with Gasteiger partial charge in [0.05, 0.1) is 11.4 Å². The number of hydrogen-bond acceptors (Lipinski definition) is 4. The van der Waals surface area contributed by atoms with Gasteiger partial charge in [-0.05, 0) is 36.8 Å². The number of rotatable bonds is 10. The first-order valence-corrected chi connectivity index (χ1v) is 12.0. The summed E-state index contributed by atoms with van der Waals surface area (Å²) >= 11 is 7.49. The summed E-state index contributed by atoms with van der Waals surface area (Å²) < 4.78 is 13.9. The highest BCUT2D eigenvalue weighted by Gasteiger charge is 2.26. The van der Waals surface area contributed by atoms with E-state index in [1.54, 1.807) is 30.3 Å². The van der Waals surface area contributed by atoms with Crippen molar-refractivity contribution in [2.45, 2.75) is 44.4 Å². The average molecular weight is 464 g/mol. The fraction of sp³-hybridized carbons (Fsp3) is 0.391. The van der Waals surface area contributed by atoms with Crippen LogP contribution >= 0.6 is 23.4 Å². The maximum Gasteiger partial charge on any atom is 0.251 e. The summed E-state index contributed by atoms with van der Waals surface area (Å²) in [6.07, 6.45) is 4.38. The van der Waals surface area contributed by atoms with E-state index in [1.807, 2.05) is 0 Å². The highest BCUT2D eigenvalue weighted by molar-refractivity contribution is 7.98. The number of anilines is 2. The molecule has 2 aromatic rings. The predicted molar refractivity (Wildman–Crippen MR) is 127 cm³/mol. The van der Waals surface area contributed by atoms with Crippen molar-refractivity contribution < 1.29 is 14.0 Å². The first-order valence-electron chi connectivity index (χ1n) is 10.5. The lowest BCUT2D eigenvalue weighted by atomic mass is 10.1. The molecular weight excluding hydrogens is 437 g/mol. The Bertz CT molecular complexity index is 921. The number of benzene rings is 2. The normalized spacial score (nSPS) is 15.1. The third-order valence-electron chi connectivity index (χ3n) is 5.09. The Hall–Kier alpha value is -2.25. The van der Waals surface area contributed by atoms with Gasteiger partial charge in [0.25, 0.3) is 5.91 Å². The van der Waals surface area contributed by atoms with Crippen LogP contribution in [-0.2, 0) is 10.5 Å². The lowest BCUT2D eigenvalue weighted by molar-refractivity contribution is -0.116. The summed E-state index contributed by atoms with van der Waals surface area (Å²) in [6, 6.07) is 9.37. The molecule has 1 unspecified atom stereocenters. The van der Waals surface area contributed by atoms with Crippen molar-refractivity contribution >= 4 is 46.6 Å². The minimum Gasteiger partial charge on any atom is -0.371 e. The van der Waals surface area contributed by atoms with E-state index in [0.717, 1.165) is 24.9 Å². The third kappa shape index (κ3) is 6.37. The number of carbonyl (C=O) groups excluding carboxylic acids is 2. The fourth-order valence-electron chi connectivity index (χ4n) is 3.31. The molecule has 0 fully saturated rings. The summed E-state index contributed by atoms with van der Waals surface area (Å²) in [5, 5.41) is 9.37. The van der Waals surface area contributed by atoms with Crippen LogP contribution in [-0.4, -0.2) is 30.2 Å². The summed E-state index contributed by atoms with van der Waals surface area (Å²) in [5.74, 6) is 0.157. The van der Waals surface area contributed by atoms with Crippen LogP contribution in [0.4, 0.5) is 15.8 Å². The van der Waals surface area contributed by atoms with Crippen molar-refractivity contribution in [1.29, 1.82) is 0 Å². The SMILES string of the molecule is CCCCCCNC(=O)c1ccc2c(c1)NC(=O)C(CSCc1c(F)cccc1Cl)N2. The second-order valence-corrected chi connectivity index (χ2v) is 8.92. The highest BCUT2D eigenvalue weighted by atomic mass is 35.5. The van der Waals surface area contributed by atoms with Crippen LogP contribution in [0.5, 0.6) is 0 Å². The molecule has 0 aliphatic carbocycles. The molecule has 2 amide bonds. The molecule has 3 N–H and O–H groups in total. The Balaban J connectivity index is 1.54. The number of amides is 2. The Morgan fingerprint density at radius 2 is 2.03 bits per heavy atom. The van der Waals surface area contributed by atoms with Crippen LogP contribution in [0.1, 0.15) is 48.5 Å². The monoisotopic (exact) mass is 463 g/mol. The van der Waals surface area contributed by atoms with E-state index < -0.39 is 6.04 Å². The van der Waals surface area contributed by atoms with Crippen molar-refractivity contribution in [2.75, 3.05) is 22.9 Å². The number of hydrogen-bond donors (Lipinski definition) is 3. The van der Waals surface area contributed by atoms with Gasteiger partial charge in [-0.2, -0.15) is 11.8 Å². The summed E-state index contributed by atoms with van der Waals surface area (Å²) in [7, 11) is 0. The summed E-state index contributed by atoms with van der Waals surface area (Å²) in [6.45, 7) is 2.79. The van der Waals surface area contributed by atoms with Crippen LogP contribution in [0, 0.1) is 5.82 Å². The van der Waals surface area contributed by atoms with E-state index >= 15 is 0 Å². The topological polar surface area (TPSA) is 70.2 Å². The number of halogens is 2. The number of carbonyl (C=O) groups is 2. The molecule has 0 bridgehead atoms. The molecule has 0 radical (unpaired) electrons.